The Morgan fingerprint density at radius 3 is 2.53 bits per heavy atom. The van der Waals surface area contributed by atoms with Gasteiger partial charge in [-0.25, -0.2) is 4.57 Å². The average molecular weight is 422 g/mol. The predicted molar refractivity (Wildman–Crippen MR) is 97.5 cm³/mol. The van der Waals surface area contributed by atoms with Crippen LogP contribution in [0.2, 0.25) is 0 Å². The first kappa shape index (κ1) is 20.0. The van der Waals surface area contributed by atoms with Crippen LogP contribution in [0.5, 0.6) is 0 Å². The van der Waals surface area contributed by atoms with Gasteiger partial charge in [0.15, 0.2) is 0 Å². The zero-order chi connectivity index (χ0) is 21.5. The molecule has 2 heterocycles. The Balaban J connectivity index is 0.000000393. The van der Waals surface area contributed by atoms with Gasteiger partial charge in [0.25, 0.3) is 5.69 Å². The fourth-order valence-corrected chi connectivity index (χ4v) is 3.77. The number of benzene rings is 2. The minimum atomic E-state index is -6.00. The monoisotopic (exact) mass is 422 g/mol. The SMILES string of the molecule is F[B-](F)(F)F.O=[N+]([O-])c1ccc2c(c1)[C@@H]1[C@H](C2)OCc2nn(-c3ccccc3)c[n+]21. The summed E-state index contributed by atoms with van der Waals surface area (Å²) in [5.41, 5.74) is 3.15. The second-order valence-corrected chi connectivity index (χ2v) is 6.85. The van der Waals surface area contributed by atoms with E-state index in [9.17, 15) is 27.4 Å². The van der Waals surface area contributed by atoms with Crippen molar-refractivity contribution in [3.8, 4) is 5.69 Å². The van der Waals surface area contributed by atoms with Gasteiger partial charge < -0.3 is 22.0 Å². The molecule has 5 rings (SSSR count). The summed E-state index contributed by atoms with van der Waals surface area (Å²) in [4.78, 5) is 10.8. The number of halogens is 4. The summed E-state index contributed by atoms with van der Waals surface area (Å²) < 4.78 is 48.9. The summed E-state index contributed by atoms with van der Waals surface area (Å²) in [5, 5.41) is 15.8. The molecule has 0 amide bonds. The molecule has 0 unspecified atom stereocenters. The predicted octanol–water partition coefficient (Wildman–Crippen LogP) is 3.41. The summed E-state index contributed by atoms with van der Waals surface area (Å²) in [7, 11) is -6.00. The van der Waals surface area contributed by atoms with Crippen LogP contribution in [0.4, 0.5) is 23.0 Å². The van der Waals surface area contributed by atoms with Gasteiger partial charge in [0.2, 0.25) is 6.33 Å². The summed E-state index contributed by atoms with van der Waals surface area (Å²) >= 11 is 0. The van der Waals surface area contributed by atoms with E-state index in [-0.39, 0.29) is 22.8 Å². The number of hydrogen-bond donors (Lipinski definition) is 0. The van der Waals surface area contributed by atoms with E-state index < -0.39 is 7.25 Å². The lowest BCUT2D eigenvalue weighted by Gasteiger charge is -2.23. The number of non-ortho nitro benzene ring substituents is 1. The van der Waals surface area contributed by atoms with Crippen LogP contribution < -0.4 is 4.57 Å². The first-order chi connectivity index (χ1) is 14.2. The maximum absolute atomic E-state index is 11.1. The van der Waals surface area contributed by atoms with E-state index in [0.29, 0.717) is 6.61 Å². The molecule has 1 aliphatic carbocycles. The van der Waals surface area contributed by atoms with Crippen LogP contribution in [-0.2, 0) is 17.8 Å². The van der Waals surface area contributed by atoms with E-state index in [1.807, 2.05) is 47.4 Å². The van der Waals surface area contributed by atoms with E-state index in [2.05, 4.69) is 9.67 Å². The molecule has 0 saturated carbocycles. The minimum Gasteiger partial charge on any atom is -0.418 e. The second kappa shape index (κ2) is 7.52. The third kappa shape index (κ3) is 4.04. The van der Waals surface area contributed by atoms with Crippen molar-refractivity contribution in [3.05, 3.63) is 81.9 Å². The quantitative estimate of drug-likeness (QED) is 0.209. The lowest BCUT2D eigenvalue weighted by molar-refractivity contribution is -0.739. The van der Waals surface area contributed by atoms with Crippen molar-refractivity contribution in [2.75, 3.05) is 0 Å². The van der Waals surface area contributed by atoms with Crippen molar-refractivity contribution < 1.29 is 31.5 Å². The number of para-hydroxylation sites is 1. The van der Waals surface area contributed by atoms with Gasteiger partial charge in [0.05, 0.1) is 4.92 Å². The first-order valence-electron chi connectivity index (χ1n) is 9.02. The van der Waals surface area contributed by atoms with Crippen molar-refractivity contribution >= 4 is 12.9 Å². The largest absolute Gasteiger partial charge is 0.673 e. The molecule has 0 fully saturated rings. The number of ether oxygens (including phenoxy) is 1. The molecule has 7 nitrogen and oxygen atoms in total. The van der Waals surface area contributed by atoms with Crippen LogP contribution in [0.3, 0.4) is 0 Å². The normalized spacial score (nSPS) is 19.2. The maximum atomic E-state index is 11.1. The molecule has 1 aromatic heterocycles. The number of nitro groups is 1. The Morgan fingerprint density at radius 2 is 1.87 bits per heavy atom. The maximum Gasteiger partial charge on any atom is 0.673 e. The summed E-state index contributed by atoms with van der Waals surface area (Å²) in [5.74, 6) is 0.824. The van der Waals surface area contributed by atoms with Crippen molar-refractivity contribution in [1.82, 2.24) is 9.78 Å². The fourth-order valence-electron chi connectivity index (χ4n) is 3.77. The van der Waals surface area contributed by atoms with Crippen LogP contribution in [0.1, 0.15) is 23.0 Å². The smallest absolute Gasteiger partial charge is 0.418 e. The van der Waals surface area contributed by atoms with Crippen molar-refractivity contribution in [2.45, 2.75) is 25.2 Å². The summed E-state index contributed by atoms with van der Waals surface area (Å²) in [6.07, 6.45) is 2.71. The van der Waals surface area contributed by atoms with Crippen molar-refractivity contribution in [3.63, 3.8) is 0 Å². The Hall–Kier alpha value is -3.28. The van der Waals surface area contributed by atoms with E-state index >= 15 is 0 Å². The van der Waals surface area contributed by atoms with Crippen molar-refractivity contribution in [2.24, 2.45) is 0 Å². The Morgan fingerprint density at radius 1 is 1.17 bits per heavy atom. The molecule has 0 saturated heterocycles. The van der Waals surface area contributed by atoms with Crippen LogP contribution in [0.25, 0.3) is 5.69 Å². The standard InChI is InChI=1S/C18H15N4O3.BF4/c23-22(24)14-7-6-12-8-16-18(15(12)9-14)20-11-21(19-17(20)10-25-16)13-4-2-1-3-5-13;2-1(3,4)5/h1-7,9,11,16,18H,8,10H2;/q+1;-1/t16-,18+;/m0./s1. The van der Waals surface area contributed by atoms with Gasteiger partial charge >= 0.3 is 13.1 Å². The lowest BCUT2D eigenvalue weighted by atomic mass is 10.1. The first-order valence-corrected chi connectivity index (χ1v) is 9.02. The molecule has 12 heteroatoms. The number of nitro benzene ring substituents is 1. The van der Waals surface area contributed by atoms with Gasteiger partial charge in [-0.2, -0.15) is 0 Å². The molecule has 3 aromatic rings. The Kier molecular flexibility index (Phi) is 5.02. The van der Waals surface area contributed by atoms with E-state index in [1.165, 1.54) is 0 Å². The summed E-state index contributed by atoms with van der Waals surface area (Å²) in [6, 6.07) is 14.9. The topological polar surface area (TPSA) is 74.1 Å². The zero-order valence-electron chi connectivity index (χ0n) is 15.4. The van der Waals surface area contributed by atoms with Gasteiger partial charge in [0, 0.05) is 29.2 Å². The second-order valence-electron chi connectivity index (χ2n) is 6.85. The number of hydrogen-bond acceptors (Lipinski definition) is 4. The number of rotatable bonds is 2. The van der Waals surface area contributed by atoms with Crippen LogP contribution in [0, 0.1) is 10.1 Å². The van der Waals surface area contributed by atoms with E-state index in [1.54, 1.807) is 12.1 Å². The third-order valence-electron chi connectivity index (χ3n) is 4.93. The van der Waals surface area contributed by atoms with Crippen LogP contribution in [0.15, 0.2) is 54.9 Å². The highest BCUT2D eigenvalue weighted by Crippen LogP contribution is 2.37. The molecule has 0 spiro atoms. The highest BCUT2D eigenvalue weighted by Gasteiger charge is 2.44. The highest BCUT2D eigenvalue weighted by molar-refractivity contribution is 6.50. The highest BCUT2D eigenvalue weighted by atomic mass is 19.5. The number of aromatic nitrogens is 3. The molecule has 0 N–H and O–H groups in total. The number of nitrogens with zero attached hydrogens (tertiary/aromatic N) is 4. The van der Waals surface area contributed by atoms with Gasteiger partial charge in [-0.1, -0.05) is 28.9 Å². The van der Waals surface area contributed by atoms with E-state index in [4.69, 9.17) is 4.74 Å². The Bertz CT molecular complexity index is 1080. The molecule has 0 bridgehead atoms. The van der Waals surface area contributed by atoms with Gasteiger partial charge in [-0.05, 0) is 17.7 Å². The van der Waals surface area contributed by atoms with Crippen LogP contribution >= 0.6 is 0 Å². The molecule has 2 aliphatic rings. The third-order valence-corrected chi connectivity index (χ3v) is 4.93. The molecule has 0 radical (unpaired) electrons. The molecule has 1 aliphatic heterocycles. The van der Waals surface area contributed by atoms with Crippen molar-refractivity contribution in [1.29, 1.82) is 0 Å². The molecule has 156 valence electrons. The lowest BCUT2D eigenvalue weighted by Crippen LogP contribution is -2.51. The fraction of sp³-hybridized carbons (Fsp3) is 0.222. The minimum absolute atomic E-state index is 0.0112. The summed E-state index contributed by atoms with van der Waals surface area (Å²) in [6.45, 7) is 0.442. The van der Waals surface area contributed by atoms with Crippen LogP contribution in [-0.4, -0.2) is 28.1 Å². The van der Waals surface area contributed by atoms with Gasteiger partial charge in [-0.15, -0.1) is 0 Å². The molecular weight excluding hydrogens is 407 g/mol. The van der Waals surface area contributed by atoms with Gasteiger partial charge in [-0.3, -0.25) is 10.1 Å². The molecule has 30 heavy (non-hydrogen) atoms. The number of fused-ring (bicyclic) bond motifs is 5. The molecule has 2 aromatic carbocycles. The zero-order valence-corrected chi connectivity index (χ0v) is 15.4. The molecule has 2 atom stereocenters. The molecular formula is C18H15BF4N4O3. The van der Waals surface area contributed by atoms with E-state index in [0.717, 1.165) is 29.1 Å². The van der Waals surface area contributed by atoms with Gasteiger partial charge in [0.1, 0.15) is 24.4 Å². The average Bonchev–Trinajstić information content (AvgIpc) is 3.27. The Labute approximate surface area is 167 Å².